The monoisotopic (exact) mass is 423 g/mol. The summed E-state index contributed by atoms with van der Waals surface area (Å²) in [6.45, 7) is 4.84. The molecule has 0 saturated heterocycles. The number of H-pyrrole nitrogens is 1. The summed E-state index contributed by atoms with van der Waals surface area (Å²) in [5, 5.41) is 5.72. The van der Waals surface area contributed by atoms with Gasteiger partial charge in [0.25, 0.3) is 0 Å². The van der Waals surface area contributed by atoms with Crippen LogP contribution in [0, 0.1) is 13.8 Å². The number of amides is 1. The van der Waals surface area contributed by atoms with Crippen LogP contribution in [-0.4, -0.2) is 52.3 Å². The second-order valence-corrected chi connectivity index (χ2v) is 7.44. The molecule has 0 fully saturated rings. The number of carbonyl (C=O) groups is 4. The molecule has 1 aliphatic rings. The lowest BCUT2D eigenvalue weighted by Gasteiger charge is -2.11. The molecular formula is C23H25N3O5. The van der Waals surface area contributed by atoms with Gasteiger partial charge in [0.1, 0.15) is 0 Å². The molecule has 3 rings (SSSR count). The first-order valence-corrected chi connectivity index (χ1v) is 10.1. The fraction of sp³-hybridized carbons (Fsp3) is 0.348. The number of nitrogens with one attached hydrogen (secondary N) is 1. The Labute approximate surface area is 180 Å². The second-order valence-electron chi connectivity index (χ2n) is 7.44. The standard InChI is InChI=1S/C23H25N3O5/c1-14-22(16(3)27)15(2)24-23(14)19(28)13-31-21(30)10-9-20(29)26-12-11-18(25-26)17-7-5-4-6-8-17/h4-8,24H,9-13H2,1-3H3. The Morgan fingerprint density at radius 3 is 2.45 bits per heavy atom. The Balaban J connectivity index is 1.48. The molecule has 1 aromatic carbocycles. The summed E-state index contributed by atoms with van der Waals surface area (Å²) in [6.07, 6.45) is 0.472. The number of aromatic nitrogens is 1. The van der Waals surface area contributed by atoms with E-state index in [1.165, 1.54) is 11.9 Å². The molecule has 0 atom stereocenters. The van der Waals surface area contributed by atoms with Gasteiger partial charge in [0.05, 0.1) is 24.4 Å². The molecule has 31 heavy (non-hydrogen) atoms. The summed E-state index contributed by atoms with van der Waals surface area (Å²) < 4.78 is 5.03. The van der Waals surface area contributed by atoms with Crippen molar-refractivity contribution in [1.82, 2.24) is 9.99 Å². The minimum absolute atomic E-state index is 0.0479. The van der Waals surface area contributed by atoms with E-state index in [9.17, 15) is 19.2 Å². The van der Waals surface area contributed by atoms with Crippen LogP contribution >= 0.6 is 0 Å². The van der Waals surface area contributed by atoms with Crippen LogP contribution in [0.4, 0.5) is 0 Å². The highest BCUT2D eigenvalue weighted by molar-refractivity contribution is 6.04. The zero-order chi connectivity index (χ0) is 22.5. The summed E-state index contributed by atoms with van der Waals surface area (Å²) in [4.78, 5) is 51.3. The van der Waals surface area contributed by atoms with Crippen LogP contribution < -0.4 is 0 Å². The first-order valence-electron chi connectivity index (χ1n) is 10.1. The quantitative estimate of drug-likeness (QED) is 0.519. The summed E-state index contributed by atoms with van der Waals surface area (Å²) in [5.74, 6) is -1.47. The van der Waals surface area contributed by atoms with Crippen molar-refractivity contribution in [3.63, 3.8) is 0 Å². The number of aryl methyl sites for hydroxylation is 1. The van der Waals surface area contributed by atoms with Crippen LogP contribution in [-0.2, 0) is 14.3 Å². The molecule has 0 radical (unpaired) electrons. The molecule has 8 nitrogen and oxygen atoms in total. The number of esters is 1. The van der Waals surface area contributed by atoms with Crippen LogP contribution in [0.5, 0.6) is 0 Å². The summed E-state index contributed by atoms with van der Waals surface area (Å²) in [7, 11) is 0. The zero-order valence-corrected chi connectivity index (χ0v) is 17.9. The van der Waals surface area contributed by atoms with Gasteiger partial charge in [0.15, 0.2) is 12.4 Å². The van der Waals surface area contributed by atoms with Crippen LogP contribution in [0.25, 0.3) is 0 Å². The Kier molecular flexibility index (Phi) is 6.79. The van der Waals surface area contributed by atoms with Crippen molar-refractivity contribution in [1.29, 1.82) is 0 Å². The maximum absolute atomic E-state index is 12.4. The molecule has 1 aliphatic heterocycles. The zero-order valence-electron chi connectivity index (χ0n) is 17.9. The number of Topliss-reactive ketones (excluding diaryl/α,β-unsaturated/α-hetero) is 2. The van der Waals surface area contributed by atoms with E-state index < -0.39 is 18.4 Å². The topological polar surface area (TPSA) is 109 Å². The number of rotatable bonds is 8. The Bertz CT molecular complexity index is 1050. The summed E-state index contributed by atoms with van der Waals surface area (Å²) in [5.41, 5.74) is 3.68. The largest absolute Gasteiger partial charge is 0.457 e. The number of ether oxygens (including phenoxy) is 1. The smallest absolute Gasteiger partial charge is 0.306 e. The molecule has 1 N–H and O–H groups in total. The van der Waals surface area contributed by atoms with Gasteiger partial charge in [-0.2, -0.15) is 5.10 Å². The lowest BCUT2D eigenvalue weighted by atomic mass is 10.1. The van der Waals surface area contributed by atoms with E-state index in [1.807, 2.05) is 30.3 Å². The number of hydrogen-bond donors (Lipinski definition) is 1. The van der Waals surface area contributed by atoms with Gasteiger partial charge in [-0.3, -0.25) is 19.2 Å². The normalized spacial score (nSPS) is 13.1. The predicted molar refractivity (Wildman–Crippen MR) is 114 cm³/mol. The van der Waals surface area contributed by atoms with Crippen molar-refractivity contribution in [2.24, 2.45) is 5.10 Å². The van der Waals surface area contributed by atoms with E-state index in [-0.39, 0.29) is 30.2 Å². The van der Waals surface area contributed by atoms with Gasteiger partial charge in [0, 0.05) is 24.1 Å². The van der Waals surface area contributed by atoms with Crippen molar-refractivity contribution in [2.75, 3.05) is 13.2 Å². The highest BCUT2D eigenvalue weighted by atomic mass is 16.5. The average Bonchev–Trinajstić information content (AvgIpc) is 3.35. The van der Waals surface area contributed by atoms with Gasteiger partial charge >= 0.3 is 5.97 Å². The van der Waals surface area contributed by atoms with Crippen molar-refractivity contribution in [3.8, 4) is 0 Å². The number of hydrazone groups is 1. The lowest BCUT2D eigenvalue weighted by Crippen LogP contribution is -2.24. The first kappa shape index (κ1) is 22.1. The number of hydrogen-bond acceptors (Lipinski definition) is 6. The second kappa shape index (κ2) is 9.51. The maximum atomic E-state index is 12.4. The highest BCUT2D eigenvalue weighted by Gasteiger charge is 2.23. The third-order valence-electron chi connectivity index (χ3n) is 5.17. The SMILES string of the molecule is CC(=O)c1c(C)[nH]c(C(=O)COC(=O)CCC(=O)N2CCC(c3ccccc3)=N2)c1C. The van der Waals surface area contributed by atoms with Crippen molar-refractivity contribution < 1.29 is 23.9 Å². The van der Waals surface area contributed by atoms with E-state index in [1.54, 1.807) is 13.8 Å². The molecule has 2 heterocycles. The van der Waals surface area contributed by atoms with Crippen molar-refractivity contribution in [2.45, 2.75) is 40.0 Å². The van der Waals surface area contributed by atoms with E-state index in [4.69, 9.17) is 4.74 Å². The predicted octanol–water partition coefficient (Wildman–Crippen LogP) is 2.98. The molecule has 8 heteroatoms. The van der Waals surface area contributed by atoms with E-state index >= 15 is 0 Å². The molecular weight excluding hydrogens is 398 g/mol. The van der Waals surface area contributed by atoms with Crippen LogP contribution in [0.2, 0.25) is 0 Å². The lowest BCUT2D eigenvalue weighted by molar-refractivity contribution is -0.145. The van der Waals surface area contributed by atoms with Gasteiger partial charge in [-0.1, -0.05) is 30.3 Å². The third-order valence-corrected chi connectivity index (χ3v) is 5.17. The number of nitrogens with zero attached hydrogens (tertiary/aromatic N) is 2. The van der Waals surface area contributed by atoms with Crippen LogP contribution in [0.1, 0.15) is 63.9 Å². The number of benzene rings is 1. The fourth-order valence-corrected chi connectivity index (χ4v) is 3.66. The van der Waals surface area contributed by atoms with E-state index in [0.29, 0.717) is 29.8 Å². The van der Waals surface area contributed by atoms with Gasteiger partial charge < -0.3 is 9.72 Å². The van der Waals surface area contributed by atoms with Crippen molar-refractivity contribution in [3.05, 3.63) is 58.4 Å². The molecule has 162 valence electrons. The molecule has 0 aliphatic carbocycles. The molecule has 0 bridgehead atoms. The molecule has 1 amide bonds. The Morgan fingerprint density at radius 2 is 1.81 bits per heavy atom. The molecule has 0 saturated carbocycles. The minimum Gasteiger partial charge on any atom is -0.457 e. The first-order chi connectivity index (χ1) is 14.8. The van der Waals surface area contributed by atoms with Gasteiger partial charge in [-0.15, -0.1) is 0 Å². The Hall–Kier alpha value is -3.55. The third kappa shape index (κ3) is 5.14. The van der Waals surface area contributed by atoms with Gasteiger partial charge in [0.2, 0.25) is 11.7 Å². The fourth-order valence-electron chi connectivity index (χ4n) is 3.66. The number of aromatic amines is 1. The molecule has 2 aromatic rings. The van der Waals surface area contributed by atoms with Gasteiger partial charge in [-0.25, -0.2) is 5.01 Å². The minimum atomic E-state index is -0.638. The van der Waals surface area contributed by atoms with Crippen LogP contribution in [0.3, 0.4) is 0 Å². The van der Waals surface area contributed by atoms with E-state index in [2.05, 4.69) is 10.1 Å². The number of carbonyl (C=O) groups excluding carboxylic acids is 4. The molecule has 0 spiro atoms. The maximum Gasteiger partial charge on any atom is 0.306 e. The summed E-state index contributed by atoms with van der Waals surface area (Å²) >= 11 is 0. The number of ketones is 2. The average molecular weight is 423 g/mol. The van der Waals surface area contributed by atoms with Gasteiger partial charge in [-0.05, 0) is 31.9 Å². The molecule has 0 unspecified atom stereocenters. The van der Waals surface area contributed by atoms with E-state index in [0.717, 1.165) is 11.3 Å². The Morgan fingerprint density at radius 1 is 1.10 bits per heavy atom. The van der Waals surface area contributed by atoms with Crippen molar-refractivity contribution >= 4 is 29.2 Å². The molecule has 1 aromatic heterocycles. The van der Waals surface area contributed by atoms with Crippen LogP contribution in [0.15, 0.2) is 35.4 Å². The highest BCUT2D eigenvalue weighted by Crippen LogP contribution is 2.19. The summed E-state index contributed by atoms with van der Waals surface area (Å²) in [6, 6.07) is 9.62.